The minimum absolute atomic E-state index is 0.0141. The van der Waals surface area contributed by atoms with E-state index in [1.807, 2.05) is 59.1 Å². The summed E-state index contributed by atoms with van der Waals surface area (Å²) in [6.07, 6.45) is 1.89. The predicted molar refractivity (Wildman–Crippen MR) is 81.5 cm³/mol. The van der Waals surface area contributed by atoms with E-state index in [-0.39, 0.29) is 5.78 Å². The molecule has 100 valence electrons. The van der Waals surface area contributed by atoms with Crippen molar-refractivity contribution in [3.8, 4) is 0 Å². The highest BCUT2D eigenvalue weighted by Crippen LogP contribution is 2.25. The lowest BCUT2D eigenvalue weighted by atomic mass is 10.1. The lowest BCUT2D eigenvalue weighted by Gasteiger charge is -2.03. The van der Waals surface area contributed by atoms with Crippen LogP contribution >= 0.6 is 11.8 Å². The number of hydrogen-bond donors (Lipinski definition) is 0. The number of carbonyl (C=O) groups excluding carboxylic acids is 1. The van der Waals surface area contributed by atoms with Gasteiger partial charge in [0, 0.05) is 11.8 Å². The first kappa shape index (κ1) is 12.9. The summed E-state index contributed by atoms with van der Waals surface area (Å²) in [6, 6.07) is 15.1. The Balaban J connectivity index is 2.18. The van der Waals surface area contributed by atoms with Gasteiger partial charge in [0.25, 0.3) is 0 Å². The van der Waals surface area contributed by atoms with Crippen molar-refractivity contribution in [2.45, 2.75) is 11.9 Å². The van der Waals surface area contributed by atoms with Gasteiger partial charge in [-0.2, -0.15) is 0 Å². The summed E-state index contributed by atoms with van der Waals surface area (Å²) in [5.41, 5.74) is 2.15. The van der Waals surface area contributed by atoms with Crippen molar-refractivity contribution in [1.82, 2.24) is 9.38 Å². The average Bonchev–Trinajstić information content (AvgIpc) is 2.86. The Kier molecular flexibility index (Phi) is 3.56. The Hall–Kier alpha value is -2.07. The maximum atomic E-state index is 12.7. The van der Waals surface area contributed by atoms with Crippen molar-refractivity contribution in [1.29, 1.82) is 0 Å². The van der Waals surface area contributed by atoms with Crippen LogP contribution in [0.15, 0.2) is 59.8 Å². The van der Waals surface area contributed by atoms with Gasteiger partial charge in [-0.05, 0) is 17.9 Å². The third-order valence-electron chi connectivity index (χ3n) is 3.03. The molecule has 0 N–H and O–H groups in total. The lowest BCUT2D eigenvalue weighted by molar-refractivity contribution is 0.103. The molecule has 0 atom stereocenters. The van der Waals surface area contributed by atoms with Gasteiger partial charge in [-0.1, -0.05) is 43.3 Å². The van der Waals surface area contributed by atoms with Crippen LogP contribution in [0, 0.1) is 0 Å². The van der Waals surface area contributed by atoms with E-state index in [9.17, 15) is 4.79 Å². The fraction of sp³-hybridized carbons (Fsp3) is 0.125. The van der Waals surface area contributed by atoms with E-state index >= 15 is 0 Å². The van der Waals surface area contributed by atoms with E-state index in [1.54, 1.807) is 11.8 Å². The lowest BCUT2D eigenvalue weighted by Crippen LogP contribution is -2.06. The Morgan fingerprint density at radius 1 is 1.15 bits per heavy atom. The summed E-state index contributed by atoms with van der Waals surface area (Å²) in [4.78, 5) is 17.3. The first-order valence-corrected chi connectivity index (χ1v) is 7.49. The molecule has 0 saturated carbocycles. The summed E-state index contributed by atoms with van der Waals surface area (Å²) >= 11 is 1.60. The summed E-state index contributed by atoms with van der Waals surface area (Å²) < 4.78 is 1.87. The number of carbonyl (C=O) groups is 1. The molecule has 0 fully saturated rings. The zero-order chi connectivity index (χ0) is 13.9. The van der Waals surface area contributed by atoms with Gasteiger partial charge < -0.3 is 0 Å². The molecule has 0 amide bonds. The molecule has 0 aliphatic rings. The molecule has 2 aromatic heterocycles. The number of rotatable bonds is 4. The second-order valence-electron chi connectivity index (χ2n) is 4.32. The number of fused-ring (bicyclic) bond motifs is 1. The van der Waals surface area contributed by atoms with Crippen molar-refractivity contribution in [2.24, 2.45) is 0 Å². The topological polar surface area (TPSA) is 34.4 Å². The van der Waals surface area contributed by atoms with Gasteiger partial charge in [-0.25, -0.2) is 4.98 Å². The minimum atomic E-state index is 0.0141. The monoisotopic (exact) mass is 282 g/mol. The molecule has 3 aromatic rings. The van der Waals surface area contributed by atoms with E-state index < -0.39 is 0 Å². The molecule has 3 rings (SSSR count). The molecule has 0 unspecified atom stereocenters. The van der Waals surface area contributed by atoms with Crippen LogP contribution in [0.3, 0.4) is 0 Å². The number of nitrogens with zero attached hydrogens (tertiary/aromatic N) is 2. The maximum Gasteiger partial charge on any atom is 0.212 e. The fourth-order valence-electron chi connectivity index (χ4n) is 2.14. The first-order chi connectivity index (χ1) is 9.81. The molecule has 0 spiro atoms. The maximum absolute atomic E-state index is 12.7. The zero-order valence-corrected chi connectivity index (χ0v) is 11.9. The van der Waals surface area contributed by atoms with Crippen LogP contribution < -0.4 is 0 Å². The van der Waals surface area contributed by atoms with Gasteiger partial charge in [0.2, 0.25) is 5.78 Å². The number of benzene rings is 1. The molecular weight excluding hydrogens is 268 g/mol. The van der Waals surface area contributed by atoms with Gasteiger partial charge in [-0.3, -0.25) is 9.20 Å². The third kappa shape index (κ3) is 2.23. The van der Waals surface area contributed by atoms with Crippen LogP contribution in [-0.4, -0.2) is 20.9 Å². The number of ketones is 1. The molecule has 4 heteroatoms. The van der Waals surface area contributed by atoms with Gasteiger partial charge >= 0.3 is 0 Å². The largest absolute Gasteiger partial charge is 0.296 e. The van der Waals surface area contributed by atoms with Crippen LogP contribution in [0.25, 0.3) is 5.65 Å². The van der Waals surface area contributed by atoms with Crippen LogP contribution in [0.4, 0.5) is 0 Å². The molecule has 0 radical (unpaired) electrons. The predicted octanol–water partition coefficient (Wildman–Crippen LogP) is 3.68. The highest BCUT2D eigenvalue weighted by Gasteiger charge is 2.20. The van der Waals surface area contributed by atoms with Gasteiger partial charge in [-0.15, -0.1) is 11.8 Å². The third-order valence-corrected chi connectivity index (χ3v) is 3.88. The van der Waals surface area contributed by atoms with Crippen LogP contribution in [0.2, 0.25) is 0 Å². The molecular formula is C16H14N2OS. The summed E-state index contributed by atoms with van der Waals surface area (Å²) in [6.45, 7) is 2.06. The molecule has 20 heavy (non-hydrogen) atoms. The van der Waals surface area contributed by atoms with Crippen molar-refractivity contribution in [2.75, 3.05) is 5.75 Å². The van der Waals surface area contributed by atoms with Crippen LogP contribution in [0.5, 0.6) is 0 Å². The van der Waals surface area contributed by atoms with E-state index in [0.29, 0.717) is 11.3 Å². The number of aromatic nitrogens is 2. The van der Waals surface area contributed by atoms with Crippen molar-refractivity contribution in [3.05, 3.63) is 66.0 Å². The van der Waals surface area contributed by atoms with Crippen LogP contribution in [-0.2, 0) is 0 Å². The van der Waals surface area contributed by atoms with Gasteiger partial charge in [0.05, 0.1) is 0 Å². The smallest absolute Gasteiger partial charge is 0.212 e. The molecule has 0 aliphatic carbocycles. The number of imidazole rings is 1. The Morgan fingerprint density at radius 3 is 2.65 bits per heavy atom. The van der Waals surface area contributed by atoms with Crippen molar-refractivity contribution in [3.63, 3.8) is 0 Å². The fourth-order valence-corrected chi connectivity index (χ4v) is 2.90. The zero-order valence-electron chi connectivity index (χ0n) is 11.1. The van der Waals surface area contributed by atoms with Crippen LogP contribution in [0.1, 0.15) is 23.0 Å². The SMILES string of the molecule is CCSc1nc2ccccn2c1C(=O)c1ccccc1. The summed E-state index contributed by atoms with van der Waals surface area (Å²) in [7, 11) is 0. The molecule has 3 nitrogen and oxygen atoms in total. The molecule has 0 bridgehead atoms. The molecule has 1 aromatic carbocycles. The van der Waals surface area contributed by atoms with Gasteiger partial charge in [0.15, 0.2) is 0 Å². The highest BCUT2D eigenvalue weighted by molar-refractivity contribution is 7.99. The standard InChI is InChI=1S/C16H14N2OS/c1-2-20-16-14(15(19)12-8-4-3-5-9-12)18-11-7-6-10-13(18)17-16/h3-11H,2H2,1H3. The first-order valence-electron chi connectivity index (χ1n) is 6.51. The summed E-state index contributed by atoms with van der Waals surface area (Å²) in [5, 5.41) is 0.799. The minimum Gasteiger partial charge on any atom is -0.296 e. The van der Waals surface area contributed by atoms with Crippen molar-refractivity contribution >= 4 is 23.2 Å². The highest BCUT2D eigenvalue weighted by atomic mass is 32.2. The molecule has 2 heterocycles. The van der Waals surface area contributed by atoms with Gasteiger partial charge in [0.1, 0.15) is 16.4 Å². The molecule has 0 saturated heterocycles. The average molecular weight is 282 g/mol. The second kappa shape index (κ2) is 5.51. The Bertz CT molecular complexity index is 750. The normalized spacial score (nSPS) is 10.8. The Morgan fingerprint density at radius 2 is 1.90 bits per heavy atom. The van der Waals surface area contributed by atoms with E-state index in [1.165, 1.54) is 0 Å². The van der Waals surface area contributed by atoms with E-state index in [2.05, 4.69) is 11.9 Å². The Labute approximate surface area is 121 Å². The number of thioether (sulfide) groups is 1. The number of pyridine rings is 1. The van der Waals surface area contributed by atoms with E-state index in [4.69, 9.17) is 0 Å². The summed E-state index contributed by atoms with van der Waals surface area (Å²) in [5.74, 6) is 0.902. The quantitative estimate of drug-likeness (QED) is 0.541. The van der Waals surface area contributed by atoms with Crippen molar-refractivity contribution < 1.29 is 4.79 Å². The number of hydrogen-bond acceptors (Lipinski definition) is 3. The van der Waals surface area contributed by atoms with E-state index in [0.717, 1.165) is 16.4 Å². The second-order valence-corrected chi connectivity index (χ2v) is 5.58. The molecule has 0 aliphatic heterocycles.